The van der Waals surface area contributed by atoms with E-state index < -0.39 is 17.3 Å². The lowest BCUT2D eigenvalue weighted by Gasteiger charge is -2.32. The van der Waals surface area contributed by atoms with Gasteiger partial charge in [0.1, 0.15) is 11.6 Å². The van der Waals surface area contributed by atoms with Gasteiger partial charge in [-0.15, -0.1) is 0 Å². The highest BCUT2D eigenvalue weighted by molar-refractivity contribution is 5.87. The molecule has 5 nitrogen and oxygen atoms in total. The zero-order valence-corrected chi connectivity index (χ0v) is 17.3. The molecule has 3 aromatic rings. The third-order valence-corrected chi connectivity index (χ3v) is 4.85. The monoisotopic (exact) mass is 425 g/mol. The predicted octanol–water partition coefficient (Wildman–Crippen LogP) is 5.38. The minimum Gasteiger partial charge on any atom is -0.376 e. The third-order valence-electron chi connectivity index (χ3n) is 4.85. The number of rotatable bonds is 4. The number of halogens is 3. The van der Waals surface area contributed by atoms with Gasteiger partial charge in [-0.25, -0.2) is 9.97 Å². The van der Waals surface area contributed by atoms with E-state index in [2.05, 4.69) is 20.6 Å². The molecule has 0 unspecified atom stereocenters. The molecule has 4 rings (SSSR count). The van der Waals surface area contributed by atoms with E-state index in [1.54, 1.807) is 24.7 Å². The first-order valence-electron chi connectivity index (χ1n) is 9.71. The Bertz CT molecular complexity index is 1170. The molecule has 160 valence electrons. The average Bonchev–Trinajstić information content (AvgIpc) is 3.11. The predicted molar refractivity (Wildman–Crippen MR) is 115 cm³/mol. The number of pyridine rings is 1. The minimum atomic E-state index is -4.44. The van der Waals surface area contributed by atoms with Gasteiger partial charge in [-0.3, -0.25) is 0 Å². The first-order valence-corrected chi connectivity index (χ1v) is 9.71. The summed E-state index contributed by atoms with van der Waals surface area (Å²) in [6, 6.07) is 9.28. The second kappa shape index (κ2) is 7.61. The molecule has 8 heteroatoms. The van der Waals surface area contributed by atoms with Gasteiger partial charge in [-0.1, -0.05) is 24.3 Å². The Balaban J connectivity index is 1.73. The topological polar surface area (TPSA) is 54.8 Å². The van der Waals surface area contributed by atoms with Crippen molar-refractivity contribution in [2.75, 3.05) is 5.32 Å². The smallest absolute Gasteiger partial charge is 0.376 e. The van der Waals surface area contributed by atoms with Crippen LogP contribution >= 0.6 is 0 Å². The summed E-state index contributed by atoms with van der Waals surface area (Å²) in [6.07, 6.45) is 4.46. The van der Waals surface area contributed by atoms with Gasteiger partial charge in [-0.05, 0) is 49.3 Å². The molecule has 0 spiro atoms. The van der Waals surface area contributed by atoms with Crippen LogP contribution in [0.15, 0.2) is 67.3 Å². The molecule has 3 heterocycles. The van der Waals surface area contributed by atoms with Crippen molar-refractivity contribution in [1.82, 2.24) is 19.9 Å². The maximum Gasteiger partial charge on any atom is 0.417 e. The fourth-order valence-electron chi connectivity index (χ4n) is 3.57. The number of dihydropyridines is 1. The van der Waals surface area contributed by atoms with E-state index in [0.717, 1.165) is 17.2 Å². The number of anilines is 2. The average molecular weight is 425 g/mol. The number of aryl methyl sites for hydroxylation is 1. The maximum atomic E-state index is 13.6. The van der Waals surface area contributed by atoms with Gasteiger partial charge in [0.25, 0.3) is 0 Å². The Morgan fingerprint density at radius 2 is 1.84 bits per heavy atom. The first kappa shape index (κ1) is 20.7. The summed E-state index contributed by atoms with van der Waals surface area (Å²) >= 11 is 0. The summed E-state index contributed by atoms with van der Waals surface area (Å²) in [6.45, 7) is 3.84. The van der Waals surface area contributed by atoms with Crippen molar-refractivity contribution < 1.29 is 13.2 Å². The molecule has 0 fully saturated rings. The molecule has 1 aromatic carbocycles. The van der Waals surface area contributed by atoms with Crippen LogP contribution in [-0.4, -0.2) is 20.1 Å². The summed E-state index contributed by atoms with van der Waals surface area (Å²) in [7, 11) is 1.87. The molecule has 0 saturated carbocycles. The molecule has 0 saturated heterocycles. The fraction of sp³-hybridized carbons (Fsp3) is 0.217. The van der Waals surface area contributed by atoms with E-state index in [4.69, 9.17) is 0 Å². The lowest BCUT2D eigenvalue weighted by molar-refractivity contribution is -0.137. The molecule has 0 bridgehead atoms. The van der Waals surface area contributed by atoms with Crippen molar-refractivity contribution in [2.45, 2.75) is 25.6 Å². The zero-order chi connectivity index (χ0) is 22.2. The minimum absolute atomic E-state index is 0.120. The second-order valence-corrected chi connectivity index (χ2v) is 8.03. The number of allylic oxidation sites excluding steroid dienone is 2. The van der Waals surface area contributed by atoms with Crippen LogP contribution in [-0.2, 0) is 13.2 Å². The lowest BCUT2D eigenvalue weighted by Crippen LogP contribution is -2.38. The van der Waals surface area contributed by atoms with Gasteiger partial charge < -0.3 is 15.2 Å². The molecule has 0 amide bonds. The highest BCUT2D eigenvalue weighted by atomic mass is 19.4. The fourth-order valence-corrected chi connectivity index (χ4v) is 3.57. The van der Waals surface area contributed by atoms with E-state index in [9.17, 15) is 13.2 Å². The van der Waals surface area contributed by atoms with Crippen LogP contribution in [0, 0.1) is 0 Å². The zero-order valence-electron chi connectivity index (χ0n) is 17.3. The van der Waals surface area contributed by atoms with Crippen molar-refractivity contribution in [3.05, 3.63) is 84.0 Å². The number of imidazole rings is 1. The number of aromatic nitrogens is 3. The number of alkyl halides is 3. The van der Waals surface area contributed by atoms with E-state index >= 15 is 0 Å². The quantitative estimate of drug-likeness (QED) is 0.589. The standard InChI is InChI=1S/C23H22F3N5/c1-22(2)12-16(10-19(30-22)17-6-4-5-7-18(17)23(24,25)26)15-8-9-27-20(11-15)29-21-13-31(3)14-28-21/h4-14,30H,1-3H3,(H,27,29). The summed E-state index contributed by atoms with van der Waals surface area (Å²) in [5, 5.41) is 6.36. The van der Waals surface area contributed by atoms with Gasteiger partial charge in [0.15, 0.2) is 0 Å². The van der Waals surface area contributed by atoms with E-state index in [0.29, 0.717) is 17.3 Å². The Morgan fingerprint density at radius 3 is 2.55 bits per heavy atom. The molecule has 2 N–H and O–H groups in total. The summed E-state index contributed by atoms with van der Waals surface area (Å²) in [5.74, 6) is 1.25. The Hall–Kier alpha value is -3.55. The van der Waals surface area contributed by atoms with Crippen LogP contribution in [0.5, 0.6) is 0 Å². The molecule has 0 aliphatic carbocycles. The SMILES string of the molecule is Cn1cnc(Nc2cc(C3=CC(C)(C)NC(c4ccccc4C(F)(F)F)=C3)ccn2)c1. The highest BCUT2D eigenvalue weighted by Crippen LogP contribution is 2.37. The van der Waals surface area contributed by atoms with Crippen LogP contribution in [0.25, 0.3) is 11.3 Å². The first-order chi connectivity index (χ1) is 14.6. The van der Waals surface area contributed by atoms with Gasteiger partial charge >= 0.3 is 6.18 Å². The van der Waals surface area contributed by atoms with Crippen LogP contribution in [0.3, 0.4) is 0 Å². The van der Waals surface area contributed by atoms with Gasteiger partial charge in [-0.2, -0.15) is 13.2 Å². The Labute approximate surface area is 178 Å². The summed E-state index contributed by atoms with van der Waals surface area (Å²) in [4.78, 5) is 8.56. The maximum absolute atomic E-state index is 13.6. The van der Waals surface area contributed by atoms with Crippen molar-refractivity contribution in [3.63, 3.8) is 0 Å². The lowest BCUT2D eigenvalue weighted by atomic mass is 9.89. The normalized spacial score (nSPS) is 15.7. The van der Waals surface area contributed by atoms with Crippen molar-refractivity contribution >= 4 is 22.9 Å². The van der Waals surface area contributed by atoms with Crippen LogP contribution in [0.1, 0.15) is 30.5 Å². The van der Waals surface area contributed by atoms with Crippen molar-refractivity contribution in [1.29, 1.82) is 0 Å². The van der Waals surface area contributed by atoms with Crippen LogP contribution in [0.4, 0.5) is 24.8 Å². The number of nitrogens with one attached hydrogen (secondary N) is 2. The highest BCUT2D eigenvalue weighted by Gasteiger charge is 2.35. The molecule has 31 heavy (non-hydrogen) atoms. The molecule has 0 radical (unpaired) electrons. The Morgan fingerprint density at radius 1 is 1.06 bits per heavy atom. The molecule has 1 aliphatic heterocycles. The molecule has 1 aliphatic rings. The van der Waals surface area contributed by atoms with Crippen LogP contribution in [0.2, 0.25) is 0 Å². The molecule has 0 atom stereocenters. The Kier molecular flexibility index (Phi) is 5.08. The van der Waals surface area contributed by atoms with E-state index in [-0.39, 0.29) is 5.56 Å². The van der Waals surface area contributed by atoms with Gasteiger partial charge in [0.2, 0.25) is 0 Å². The van der Waals surface area contributed by atoms with Crippen LogP contribution < -0.4 is 10.6 Å². The number of benzene rings is 1. The summed E-state index contributed by atoms with van der Waals surface area (Å²) in [5.41, 5.74) is 0.974. The number of hydrogen-bond acceptors (Lipinski definition) is 4. The number of nitrogens with zero attached hydrogens (tertiary/aromatic N) is 3. The largest absolute Gasteiger partial charge is 0.417 e. The van der Waals surface area contributed by atoms with Gasteiger partial charge in [0.05, 0.1) is 17.4 Å². The molecule has 2 aromatic heterocycles. The number of hydrogen-bond donors (Lipinski definition) is 2. The summed E-state index contributed by atoms with van der Waals surface area (Å²) < 4.78 is 42.6. The van der Waals surface area contributed by atoms with Crippen molar-refractivity contribution in [2.24, 2.45) is 7.05 Å². The van der Waals surface area contributed by atoms with E-state index in [1.807, 2.05) is 49.9 Å². The van der Waals surface area contributed by atoms with Crippen molar-refractivity contribution in [3.8, 4) is 0 Å². The molecular weight excluding hydrogens is 403 g/mol. The third kappa shape index (κ3) is 4.63. The second-order valence-electron chi connectivity index (χ2n) is 8.03. The molecular formula is C23H22F3N5. The van der Waals surface area contributed by atoms with E-state index in [1.165, 1.54) is 12.1 Å². The van der Waals surface area contributed by atoms with Gasteiger partial charge in [0, 0.05) is 30.7 Å².